The van der Waals surface area contributed by atoms with Gasteiger partial charge in [-0.05, 0) is 54.1 Å². The Balaban J connectivity index is 1.68. The number of ketones is 1. The van der Waals surface area contributed by atoms with Crippen LogP contribution < -0.4 is 4.90 Å². The van der Waals surface area contributed by atoms with Crippen molar-refractivity contribution in [3.8, 4) is 5.75 Å². The Morgan fingerprint density at radius 2 is 1.79 bits per heavy atom. The van der Waals surface area contributed by atoms with Crippen LogP contribution in [0.25, 0.3) is 11.0 Å². The molecule has 33 heavy (non-hydrogen) atoms. The molecule has 0 bridgehead atoms. The maximum atomic E-state index is 13.5. The number of aromatic nitrogens is 1. The number of amides is 1. The lowest BCUT2D eigenvalue weighted by Gasteiger charge is -2.27. The fourth-order valence-corrected chi connectivity index (χ4v) is 4.23. The highest BCUT2D eigenvalue weighted by molar-refractivity contribution is 6.31. The summed E-state index contributed by atoms with van der Waals surface area (Å²) in [4.78, 5) is 31.9. The molecular weight excluding hydrogens is 467 g/mol. The van der Waals surface area contributed by atoms with Crippen LogP contribution in [0.1, 0.15) is 22.2 Å². The summed E-state index contributed by atoms with van der Waals surface area (Å²) in [7, 11) is 0. The van der Waals surface area contributed by atoms with Gasteiger partial charge in [0, 0.05) is 27.8 Å². The molecule has 2 N–H and O–H groups in total. The smallest absolute Gasteiger partial charge is 0.294 e. The minimum Gasteiger partial charge on any atom is -0.506 e. The lowest BCUT2D eigenvalue weighted by Crippen LogP contribution is -2.31. The summed E-state index contributed by atoms with van der Waals surface area (Å²) in [5.41, 5.74) is 0.691. The van der Waals surface area contributed by atoms with Crippen LogP contribution in [0.2, 0.25) is 10.0 Å². The first kappa shape index (κ1) is 21.1. The third-order valence-electron chi connectivity index (χ3n) is 5.35. The summed E-state index contributed by atoms with van der Waals surface area (Å²) in [6.45, 7) is 0. The SMILES string of the molecule is O=C(C1=C(O)C(=O)N(c2cc(Cl)ccc2O)C1c1cccnc1)c1cc2cc(Cl)ccc2o1. The van der Waals surface area contributed by atoms with Crippen molar-refractivity contribution >= 4 is 51.5 Å². The molecule has 4 aromatic rings. The van der Waals surface area contributed by atoms with Gasteiger partial charge < -0.3 is 14.6 Å². The van der Waals surface area contributed by atoms with Crippen molar-refractivity contribution in [2.75, 3.05) is 4.90 Å². The summed E-state index contributed by atoms with van der Waals surface area (Å²) in [6.07, 6.45) is 3.01. The molecular formula is C24H14Cl2N2O5. The zero-order valence-electron chi connectivity index (χ0n) is 16.7. The lowest BCUT2D eigenvalue weighted by atomic mass is 9.96. The Hall–Kier alpha value is -3.81. The third kappa shape index (κ3) is 3.51. The monoisotopic (exact) mass is 480 g/mol. The number of benzene rings is 2. The van der Waals surface area contributed by atoms with Gasteiger partial charge >= 0.3 is 0 Å². The number of carbonyl (C=O) groups excluding carboxylic acids is 2. The number of fused-ring (bicyclic) bond motifs is 1. The number of anilines is 1. The van der Waals surface area contributed by atoms with E-state index >= 15 is 0 Å². The molecule has 2 aromatic heterocycles. The minimum atomic E-state index is -1.08. The number of hydrogen-bond donors (Lipinski definition) is 2. The second kappa shape index (κ2) is 7.95. The molecule has 5 rings (SSSR count). The average molecular weight is 481 g/mol. The Morgan fingerprint density at radius 3 is 2.55 bits per heavy atom. The van der Waals surface area contributed by atoms with Crippen LogP contribution in [0, 0.1) is 0 Å². The molecule has 1 unspecified atom stereocenters. The summed E-state index contributed by atoms with van der Waals surface area (Å²) >= 11 is 12.1. The van der Waals surface area contributed by atoms with Crippen LogP contribution >= 0.6 is 23.2 Å². The van der Waals surface area contributed by atoms with Crippen molar-refractivity contribution in [3.63, 3.8) is 0 Å². The number of aliphatic hydroxyl groups excluding tert-OH is 1. The van der Waals surface area contributed by atoms with E-state index in [2.05, 4.69) is 4.98 Å². The van der Waals surface area contributed by atoms with E-state index in [0.29, 0.717) is 21.6 Å². The highest BCUT2D eigenvalue weighted by Crippen LogP contribution is 2.45. The molecule has 9 heteroatoms. The first-order valence-electron chi connectivity index (χ1n) is 9.74. The predicted molar refractivity (Wildman–Crippen MR) is 123 cm³/mol. The van der Waals surface area contributed by atoms with E-state index in [-0.39, 0.29) is 27.8 Å². The number of aliphatic hydroxyl groups is 1. The number of aromatic hydroxyl groups is 1. The van der Waals surface area contributed by atoms with Crippen LogP contribution in [0.5, 0.6) is 5.75 Å². The highest BCUT2D eigenvalue weighted by Gasteiger charge is 2.46. The summed E-state index contributed by atoms with van der Waals surface area (Å²) < 4.78 is 5.68. The second-order valence-electron chi connectivity index (χ2n) is 7.38. The van der Waals surface area contributed by atoms with Crippen molar-refractivity contribution in [1.82, 2.24) is 4.98 Å². The van der Waals surface area contributed by atoms with Crippen LogP contribution in [-0.4, -0.2) is 26.9 Å². The topological polar surface area (TPSA) is 104 Å². The molecule has 0 radical (unpaired) electrons. The molecule has 0 saturated carbocycles. The van der Waals surface area contributed by atoms with Crippen LogP contribution in [0.4, 0.5) is 5.69 Å². The van der Waals surface area contributed by atoms with Gasteiger partial charge in [-0.15, -0.1) is 0 Å². The average Bonchev–Trinajstić information content (AvgIpc) is 3.34. The number of phenolic OH excluding ortho intramolecular Hbond substituents is 1. The molecule has 0 aliphatic carbocycles. The Morgan fingerprint density at radius 1 is 1.03 bits per heavy atom. The molecule has 1 aliphatic heterocycles. The number of pyridine rings is 1. The largest absolute Gasteiger partial charge is 0.506 e. The third-order valence-corrected chi connectivity index (χ3v) is 5.82. The summed E-state index contributed by atoms with van der Waals surface area (Å²) in [5.74, 6) is -2.64. The van der Waals surface area contributed by atoms with E-state index < -0.39 is 23.5 Å². The van der Waals surface area contributed by atoms with E-state index in [4.69, 9.17) is 27.6 Å². The highest BCUT2D eigenvalue weighted by atomic mass is 35.5. The maximum absolute atomic E-state index is 13.5. The van der Waals surface area contributed by atoms with Gasteiger partial charge in [-0.25, -0.2) is 0 Å². The zero-order chi connectivity index (χ0) is 23.3. The van der Waals surface area contributed by atoms with Crippen molar-refractivity contribution in [2.24, 2.45) is 0 Å². The number of phenols is 1. The summed E-state index contributed by atoms with van der Waals surface area (Å²) in [5, 5.41) is 22.6. The number of Topliss-reactive ketones (excluding diaryl/α,β-unsaturated/α-hetero) is 1. The molecule has 0 spiro atoms. The van der Waals surface area contributed by atoms with E-state index in [0.717, 1.165) is 4.90 Å². The summed E-state index contributed by atoms with van der Waals surface area (Å²) in [6, 6.07) is 12.7. The van der Waals surface area contributed by atoms with Gasteiger partial charge in [-0.2, -0.15) is 0 Å². The molecule has 1 aliphatic rings. The fraction of sp³-hybridized carbons (Fsp3) is 0.0417. The standard InChI is InChI=1S/C24H14Cl2N2O5/c25-14-4-6-18-13(8-14)9-19(33-18)22(30)20-21(12-2-1-7-27-11-12)28(24(32)23(20)31)16-10-15(26)3-5-17(16)29/h1-11,21,29,31H. The molecule has 0 saturated heterocycles. The molecule has 3 heterocycles. The second-order valence-corrected chi connectivity index (χ2v) is 8.25. The number of nitrogens with zero attached hydrogens (tertiary/aromatic N) is 2. The number of hydrogen-bond acceptors (Lipinski definition) is 6. The number of furan rings is 1. The number of carbonyl (C=O) groups is 2. The maximum Gasteiger partial charge on any atom is 0.294 e. The lowest BCUT2D eigenvalue weighted by molar-refractivity contribution is -0.117. The fourth-order valence-electron chi connectivity index (χ4n) is 3.89. The molecule has 7 nitrogen and oxygen atoms in total. The van der Waals surface area contributed by atoms with Crippen molar-refractivity contribution in [2.45, 2.75) is 6.04 Å². The quantitative estimate of drug-likeness (QED) is 0.367. The molecule has 2 aromatic carbocycles. The van der Waals surface area contributed by atoms with Crippen molar-refractivity contribution in [3.05, 3.63) is 99.7 Å². The van der Waals surface area contributed by atoms with E-state index in [1.54, 1.807) is 30.3 Å². The normalized spacial score (nSPS) is 16.1. The predicted octanol–water partition coefficient (Wildman–Crippen LogP) is 5.62. The minimum absolute atomic E-state index is 0.0343. The van der Waals surface area contributed by atoms with E-state index in [1.165, 1.54) is 36.7 Å². The van der Waals surface area contributed by atoms with E-state index in [9.17, 15) is 19.8 Å². The Bertz CT molecular complexity index is 1460. The number of halogens is 2. The van der Waals surface area contributed by atoms with Crippen molar-refractivity contribution < 1.29 is 24.2 Å². The Kier molecular flexibility index (Phi) is 5.08. The number of rotatable bonds is 4. The van der Waals surface area contributed by atoms with Crippen LogP contribution in [0.15, 0.2) is 82.7 Å². The molecule has 0 fully saturated rings. The van der Waals surface area contributed by atoms with Gasteiger partial charge in [0.25, 0.3) is 5.91 Å². The van der Waals surface area contributed by atoms with Gasteiger partial charge in [-0.3, -0.25) is 19.5 Å². The molecule has 1 amide bonds. The zero-order valence-corrected chi connectivity index (χ0v) is 18.2. The molecule has 1 atom stereocenters. The van der Waals surface area contributed by atoms with E-state index in [1.807, 2.05) is 0 Å². The van der Waals surface area contributed by atoms with Crippen LogP contribution in [-0.2, 0) is 4.79 Å². The van der Waals surface area contributed by atoms with Crippen LogP contribution in [0.3, 0.4) is 0 Å². The first-order chi connectivity index (χ1) is 15.8. The Labute approximate surface area is 197 Å². The molecule has 164 valence electrons. The van der Waals surface area contributed by atoms with Gasteiger partial charge in [0.15, 0.2) is 11.5 Å². The van der Waals surface area contributed by atoms with Gasteiger partial charge in [0.2, 0.25) is 5.78 Å². The van der Waals surface area contributed by atoms with Gasteiger partial charge in [0.1, 0.15) is 11.3 Å². The van der Waals surface area contributed by atoms with Gasteiger partial charge in [0.05, 0.1) is 17.3 Å². The van der Waals surface area contributed by atoms with Gasteiger partial charge in [-0.1, -0.05) is 29.3 Å². The van der Waals surface area contributed by atoms with Crippen molar-refractivity contribution in [1.29, 1.82) is 0 Å². The first-order valence-corrected chi connectivity index (χ1v) is 10.5.